The van der Waals surface area contributed by atoms with Crippen LogP contribution in [0, 0.1) is 17.8 Å². The maximum absolute atomic E-state index is 13.7. The first-order valence-corrected chi connectivity index (χ1v) is 14.4. The molecule has 14 heteroatoms. The number of aromatic nitrogens is 2. The number of aliphatic carboxylic acids is 1. The number of hydrogen-bond donors (Lipinski definition) is 2. The van der Waals surface area contributed by atoms with E-state index in [9.17, 15) is 32.7 Å². The highest BCUT2D eigenvalue weighted by Gasteiger charge is 2.42. The Hall–Kier alpha value is -3.84. The van der Waals surface area contributed by atoms with Crippen LogP contribution in [0.1, 0.15) is 61.7 Å². The predicted molar refractivity (Wildman–Crippen MR) is 146 cm³/mol. The average Bonchev–Trinajstić information content (AvgIpc) is 3.44. The Balaban J connectivity index is 1.17. The van der Waals surface area contributed by atoms with Crippen molar-refractivity contribution in [2.24, 2.45) is 17.8 Å². The molecule has 0 spiro atoms. The maximum atomic E-state index is 13.7. The molecule has 228 valence electrons. The molecule has 2 aromatic rings. The molecule has 0 bridgehead atoms. The number of anilines is 3. The second-order valence-electron chi connectivity index (χ2n) is 11.4. The number of nitrogens with one attached hydrogen (secondary N) is 1. The first kappa shape index (κ1) is 29.6. The van der Waals surface area contributed by atoms with Crippen LogP contribution in [0.15, 0.2) is 22.7 Å². The van der Waals surface area contributed by atoms with E-state index in [4.69, 9.17) is 4.42 Å². The van der Waals surface area contributed by atoms with Gasteiger partial charge in [-0.05, 0) is 56.6 Å². The van der Waals surface area contributed by atoms with E-state index in [0.29, 0.717) is 70.8 Å². The van der Waals surface area contributed by atoms with Crippen LogP contribution in [0.25, 0.3) is 0 Å². The number of amides is 2. The van der Waals surface area contributed by atoms with E-state index in [1.54, 1.807) is 17.0 Å². The van der Waals surface area contributed by atoms with Gasteiger partial charge in [0, 0.05) is 45.2 Å². The number of nitrogens with zero attached hydrogens (tertiary/aromatic N) is 5. The number of alkyl halides is 3. The quantitative estimate of drug-likeness (QED) is 0.509. The average molecular weight is 593 g/mol. The molecule has 5 rings (SSSR count). The molecule has 4 heterocycles. The highest BCUT2D eigenvalue weighted by Crippen LogP contribution is 2.35. The van der Waals surface area contributed by atoms with Crippen LogP contribution < -0.4 is 15.1 Å². The molecule has 42 heavy (non-hydrogen) atoms. The number of pyridine rings is 1. The molecule has 2 saturated heterocycles. The summed E-state index contributed by atoms with van der Waals surface area (Å²) >= 11 is 0. The lowest BCUT2D eigenvalue weighted by atomic mass is 9.81. The largest absolute Gasteiger partial charge is 0.481 e. The summed E-state index contributed by atoms with van der Waals surface area (Å²) in [5, 5.41) is 11.6. The number of oxazole rings is 1. The SMILES string of the molecule is CC1CCCN(c2nc(C(F)(F)F)c(C(=O)Nc3ccc(N4CCN(C(=O)C5CCC(C(=O)O)CC5)CC4)nc3)o2)C1. The minimum Gasteiger partial charge on any atom is -0.481 e. The minimum absolute atomic E-state index is 0.0631. The van der Waals surface area contributed by atoms with Crippen molar-refractivity contribution in [1.29, 1.82) is 0 Å². The van der Waals surface area contributed by atoms with Gasteiger partial charge in [-0.15, -0.1) is 0 Å². The molecule has 3 aliphatic rings. The number of carboxylic acids is 1. The van der Waals surface area contributed by atoms with Crippen molar-refractivity contribution in [3.63, 3.8) is 0 Å². The lowest BCUT2D eigenvalue weighted by Gasteiger charge is -2.38. The molecule has 1 atom stereocenters. The number of halogens is 3. The van der Waals surface area contributed by atoms with Crippen LogP contribution in [0.4, 0.5) is 30.7 Å². The second-order valence-corrected chi connectivity index (χ2v) is 11.4. The number of piperazine rings is 1. The molecule has 11 nitrogen and oxygen atoms in total. The molecule has 1 unspecified atom stereocenters. The van der Waals surface area contributed by atoms with E-state index in [0.717, 1.165) is 12.8 Å². The van der Waals surface area contributed by atoms with Gasteiger partial charge in [0.05, 0.1) is 17.8 Å². The summed E-state index contributed by atoms with van der Waals surface area (Å²) in [7, 11) is 0. The number of carboxylic acid groups (broad SMARTS) is 1. The van der Waals surface area contributed by atoms with E-state index in [-0.39, 0.29) is 35.4 Å². The Morgan fingerprint density at radius 2 is 1.67 bits per heavy atom. The van der Waals surface area contributed by atoms with Crippen molar-refractivity contribution in [3.05, 3.63) is 29.8 Å². The minimum atomic E-state index is -4.86. The topological polar surface area (TPSA) is 132 Å². The number of hydrogen-bond acceptors (Lipinski definition) is 8. The Bertz CT molecular complexity index is 1280. The van der Waals surface area contributed by atoms with Crippen molar-refractivity contribution < 1.29 is 37.1 Å². The third-order valence-corrected chi connectivity index (χ3v) is 8.36. The van der Waals surface area contributed by atoms with Gasteiger partial charge in [-0.25, -0.2) is 4.98 Å². The van der Waals surface area contributed by atoms with Crippen molar-refractivity contribution in [1.82, 2.24) is 14.9 Å². The molecule has 1 aliphatic carbocycles. The normalized spacial score (nSPS) is 23.5. The first-order valence-electron chi connectivity index (χ1n) is 14.4. The Kier molecular flexibility index (Phi) is 8.60. The van der Waals surface area contributed by atoms with Crippen molar-refractivity contribution in [2.75, 3.05) is 54.4 Å². The van der Waals surface area contributed by atoms with Crippen LogP contribution in [0.2, 0.25) is 0 Å². The number of piperidine rings is 1. The molecular formula is C28H35F3N6O5. The van der Waals surface area contributed by atoms with E-state index in [2.05, 4.69) is 15.3 Å². The molecule has 0 radical (unpaired) electrons. The molecular weight excluding hydrogens is 557 g/mol. The Labute approximate surface area is 241 Å². The summed E-state index contributed by atoms with van der Waals surface area (Å²) < 4.78 is 46.5. The lowest BCUT2D eigenvalue weighted by molar-refractivity contribution is -0.145. The zero-order valence-electron chi connectivity index (χ0n) is 23.4. The molecule has 1 saturated carbocycles. The van der Waals surface area contributed by atoms with Gasteiger partial charge in [0.2, 0.25) is 11.7 Å². The van der Waals surface area contributed by atoms with Crippen molar-refractivity contribution in [2.45, 2.75) is 51.6 Å². The molecule has 2 N–H and O–H groups in total. The number of rotatable bonds is 6. The zero-order valence-corrected chi connectivity index (χ0v) is 23.4. The van der Waals surface area contributed by atoms with Gasteiger partial charge in [-0.3, -0.25) is 14.4 Å². The molecule has 2 aromatic heterocycles. The monoisotopic (exact) mass is 592 g/mol. The first-order chi connectivity index (χ1) is 20.0. The van der Waals surface area contributed by atoms with Crippen LogP contribution in [-0.4, -0.2) is 77.0 Å². The van der Waals surface area contributed by atoms with Crippen LogP contribution in [0.5, 0.6) is 0 Å². The van der Waals surface area contributed by atoms with E-state index < -0.39 is 29.5 Å². The van der Waals surface area contributed by atoms with Gasteiger partial charge in [0.1, 0.15) is 5.82 Å². The van der Waals surface area contributed by atoms with Gasteiger partial charge >= 0.3 is 12.1 Å². The van der Waals surface area contributed by atoms with Gasteiger partial charge in [-0.1, -0.05) is 6.92 Å². The summed E-state index contributed by atoms with van der Waals surface area (Å²) in [6.07, 6.45) is 0.471. The zero-order chi connectivity index (χ0) is 30.0. The summed E-state index contributed by atoms with van der Waals surface area (Å²) in [5.41, 5.74) is -1.16. The molecule has 3 fully saturated rings. The summed E-state index contributed by atoms with van der Waals surface area (Å²) in [5.74, 6) is -2.32. The fourth-order valence-electron chi connectivity index (χ4n) is 5.99. The molecule has 2 aliphatic heterocycles. The van der Waals surface area contributed by atoms with Gasteiger partial charge < -0.3 is 29.5 Å². The summed E-state index contributed by atoms with van der Waals surface area (Å²) in [4.78, 5) is 50.4. The van der Waals surface area contributed by atoms with Crippen LogP contribution >= 0.6 is 0 Å². The van der Waals surface area contributed by atoms with E-state index >= 15 is 0 Å². The van der Waals surface area contributed by atoms with Crippen molar-refractivity contribution in [3.8, 4) is 0 Å². The van der Waals surface area contributed by atoms with Gasteiger partial charge in [0.25, 0.3) is 11.9 Å². The van der Waals surface area contributed by atoms with Crippen LogP contribution in [0.3, 0.4) is 0 Å². The predicted octanol–water partition coefficient (Wildman–Crippen LogP) is 4.12. The lowest BCUT2D eigenvalue weighted by Crippen LogP contribution is -2.51. The third kappa shape index (κ3) is 6.62. The van der Waals surface area contributed by atoms with Gasteiger partial charge in [-0.2, -0.15) is 18.2 Å². The smallest absolute Gasteiger partial charge is 0.437 e. The summed E-state index contributed by atoms with van der Waals surface area (Å²) in [6, 6.07) is 3.00. The standard InChI is InChI=1S/C28H35F3N6O5/c1-17-3-2-10-37(16-17)27-34-23(28(29,30)31)22(42-27)24(38)33-20-8-9-21(32-15-20)35-11-13-36(14-12-35)25(39)18-4-6-19(7-5-18)26(40)41/h8-9,15,17-19H,2-7,10-14,16H2,1H3,(H,33,38)(H,40,41). The van der Waals surface area contributed by atoms with Gasteiger partial charge in [0.15, 0.2) is 5.69 Å². The van der Waals surface area contributed by atoms with Crippen molar-refractivity contribution >= 4 is 35.3 Å². The highest BCUT2D eigenvalue weighted by molar-refractivity contribution is 6.03. The highest BCUT2D eigenvalue weighted by atomic mass is 19.4. The third-order valence-electron chi connectivity index (χ3n) is 8.36. The summed E-state index contributed by atoms with van der Waals surface area (Å²) in [6.45, 7) is 5.09. The Morgan fingerprint density at radius 3 is 2.26 bits per heavy atom. The second kappa shape index (κ2) is 12.2. The molecule has 0 aromatic carbocycles. The maximum Gasteiger partial charge on any atom is 0.437 e. The molecule has 2 amide bonds. The van der Waals surface area contributed by atoms with Crippen LogP contribution in [-0.2, 0) is 15.8 Å². The Morgan fingerprint density at radius 1 is 0.976 bits per heavy atom. The van der Waals surface area contributed by atoms with E-state index in [1.165, 1.54) is 6.20 Å². The fraction of sp³-hybridized carbons (Fsp3) is 0.607. The fourth-order valence-corrected chi connectivity index (χ4v) is 5.99. The number of carbonyl (C=O) groups is 3. The van der Waals surface area contributed by atoms with E-state index in [1.807, 2.05) is 16.7 Å². The number of carbonyl (C=O) groups excluding carboxylic acids is 2.